The maximum Gasteiger partial charge on any atom is 0.335 e. The van der Waals surface area contributed by atoms with Crippen LogP contribution < -0.4 is 0 Å². The van der Waals surface area contributed by atoms with Crippen LogP contribution in [0.25, 0.3) is 5.57 Å². The van der Waals surface area contributed by atoms with Gasteiger partial charge in [0, 0.05) is 0 Å². The molecular formula is C11H8N2O3. The largest absolute Gasteiger partial charge is 0.478 e. The molecule has 0 fully saturated rings. The van der Waals surface area contributed by atoms with E-state index in [4.69, 9.17) is 5.11 Å². The fourth-order valence-electron chi connectivity index (χ4n) is 1.52. The lowest BCUT2D eigenvalue weighted by atomic mass is 10.0. The first kappa shape index (κ1) is 10.2. The second kappa shape index (κ2) is 3.69. The van der Waals surface area contributed by atoms with Gasteiger partial charge in [-0.05, 0) is 24.6 Å². The Morgan fingerprint density at radius 2 is 2.06 bits per heavy atom. The Kier molecular flexibility index (Phi) is 2.36. The van der Waals surface area contributed by atoms with Gasteiger partial charge in [-0.1, -0.05) is 12.1 Å². The van der Waals surface area contributed by atoms with Crippen LogP contribution in [-0.2, 0) is 4.79 Å². The molecular weight excluding hydrogens is 208 g/mol. The average molecular weight is 216 g/mol. The van der Waals surface area contributed by atoms with Crippen LogP contribution in [-0.4, -0.2) is 17.0 Å². The van der Waals surface area contributed by atoms with Crippen LogP contribution in [0.4, 0.5) is 0 Å². The van der Waals surface area contributed by atoms with Crippen molar-refractivity contribution in [3.8, 4) is 0 Å². The van der Waals surface area contributed by atoms with E-state index in [0.717, 1.165) is 0 Å². The predicted molar refractivity (Wildman–Crippen MR) is 55.9 cm³/mol. The molecule has 1 heterocycles. The average Bonchev–Trinajstić information content (AvgIpc) is 2.59. The summed E-state index contributed by atoms with van der Waals surface area (Å²) in [5, 5.41) is 15.9. The zero-order valence-corrected chi connectivity index (χ0v) is 8.47. The van der Waals surface area contributed by atoms with Crippen LogP contribution in [0.15, 0.2) is 40.2 Å². The normalized spacial score (nSPS) is 14.7. The number of rotatable bonds is 2. The maximum atomic E-state index is 11.4. The number of benzene rings is 1. The molecule has 0 atom stereocenters. The molecule has 1 N–H and O–H groups in total. The molecule has 0 unspecified atom stereocenters. The Morgan fingerprint density at radius 1 is 1.31 bits per heavy atom. The Labute approximate surface area is 91.1 Å². The Morgan fingerprint density at radius 3 is 2.62 bits per heavy atom. The molecule has 5 nitrogen and oxygen atoms in total. The zero-order valence-electron chi connectivity index (χ0n) is 8.47. The van der Waals surface area contributed by atoms with Crippen molar-refractivity contribution in [2.75, 3.05) is 0 Å². The van der Waals surface area contributed by atoms with Gasteiger partial charge >= 0.3 is 5.97 Å². The molecule has 16 heavy (non-hydrogen) atoms. The van der Waals surface area contributed by atoms with Crippen LogP contribution in [0.3, 0.4) is 0 Å². The summed E-state index contributed by atoms with van der Waals surface area (Å²) in [7, 11) is 0. The fourth-order valence-corrected chi connectivity index (χ4v) is 1.52. The Balaban J connectivity index is 2.50. The van der Waals surface area contributed by atoms with Crippen LogP contribution >= 0.6 is 0 Å². The van der Waals surface area contributed by atoms with E-state index in [9.17, 15) is 9.59 Å². The summed E-state index contributed by atoms with van der Waals surface area (Å²) < 4.78 is 0. The summed E-state index contributed by atoms with van der Waals surface area (Å²) in [6, 6.07) is 6.16. The number of nitrogens with zero attached hydrogens (tertiary/aromatic N) is 2. The SMILES string of the molecule is CC1=C(c2cccc(C(=O)O)c2)C(=O)N=N1. The molecule has 1 aromatic rings. The molecule has 0 saturated heterocycles. The van der Waals surface area contributed by atoms with Gasteiger partial charge in [-0.25, -0.2) is 4.79 Å². The van der Waals surface area contributed by atoms with Gasteiger partial charge in [0.15, 0.2) is 0 Å². The molecule has 0 bridgehead atoms. The zero-order chi connectivity index (χ0) is 11.7. The minimum Gasteiger partial charge on any atom is -0.478 e. The highest BCUT2D eigenvalue weighted by molar-refractivity contribution is 6.22. The number of allylic oxidation sites excluding steroid dienone is 1. The molecule has 0 aliphatic carbocycles. The van der Waals surface area contributed by atoms with Crippen LogP contribution in [0.2, 0.25) is 0 Å². The lowest BCUT2D eigenvalue weighted by Gasteiger charge is -2.02. The van der Waals surface area contributed by atoms with E-state index in [2.05, 4.69) is 10.2 Å². The van der Waals surface area contributed by atoms with Crippen molar-refractivity contribution in [3.63, 3.8) is 0 Å². The molecule has 1 aromatic carbocycles. The fraction of sp³-hybridized carbons (Fsp3) is 0.0909. The lowest BCUT2D eigenvalue weighted by Crippen LogP contribution is -2.00. The van der Waals surface area contributed by atoms with E-state index in [1.54, 1.807) is 19.1 Å². The summed E-state index contributed by atoms with van der Waals surface area (Å²) in [6.45, 7) is 1.66. The standard InChI is InChI=1S/C11H8N2O3/c1-6-9(10(14)13-12-6)7-3-2-4-8(5-7)11(15)16/h2-5H,1H3,(H,15,16). The third kappa shape index (κ3) is 1.63. The number of hydrogen-bond acceptors (Lipinski definition) is 3. The molecule has 0 saturated carbocycles. The van der Waals surface area contributed by atoms with E-state index in [0.29, 0.717) is 16.8 Å². The molecule has 80 valence electrons. The second-order valence-corrected chi connectivity index (χ2v) is 3.35. The predicted octanol–water partition coefficient (Wildman–Crippen LogP) is 2.11. The Hall–Kier alpha value is -2.30. The first-order valence-electron chi connectivity index (χ1n) is 4.60. The quantitative estimate of drug-likeness (QED) is 0.822. The van der Waals surface area contributed by atoms with Crippen molar-refractivity contribution >= 4 is 17.4 Å². The Bertz CT molecular complexity index is 544. The summed E-state index contributed by atoms with van der Waals surface area (Å²) >= 11 is 0. The van der Waals surface area contributed by atoms with Gasteiger partial charge in [-0.15, -0.1) is 5.11 Å². The summed E-state index contributed by atoms with van der Waals surface area (Å²) in [5.41, 5.74) is 1.54. The monoisotopic (exact) mass is 216 g/mol. The highest BCUT2D eigenvalue weighted by Crippen LogP contribution is 2.26. The topological polar surface area (TPSA) is 79.1 Å². The number of carbonyl (C=O) groups is 2. The highest BCUT2D eigenvalue weighted by Gasteiger charge is 2.20. The first-order chi connectivity index (χ1) is 7.59. The lowest BCUT2D eigenvalue weighted by molar-refractivity contribution is -0.112. The number of amides is 1. The molecule has 5 heteroatoms. The minimum atomic E-state index is -1.03. The van der Waals surface area contributed by atoms with Crippen LogP contribution in [0, 0.1) is 0 Å². The van der Waals surface area contributed by atoms with Crippen LogP contribution in [0.5, 0.6) is 0 Å². The molecule has 2 rings (SSSR count). The highest BCUT2D eigenvalue weighted by atomic mass is 16.4. The van der Waals surface area contributed by atoms with Gasteiger partial charge in [0.2, 0.25) is 0 Å². The van der Waals surface area contributed by atoms with Crippen molar-refractivity contribution < 1.29 is 14.7 Å². The second-order valence-electron chi connectivity index (χ2n) is 3.35. The number of hydrogen-bond donors (Lipinski definition) is 1. The van der Waals surface area contributed by atoms with Crippen LogP contribution in [0.1, 0.15) is 22.8 Å². The van der Waals surface area contributed by atoms with Gasteiger partial charge in [0.1, 0.15) is 0 Å². The maximum absolute atomic E-state index is 11.4. The van der Waals surface area contributed by atoms with Crippen molar-refractivity contribution in [2.45, 2.75) is 6.92 Å². The number of carboxylic acids is 1. The third-order valence-corrected chi connectivity index (χ3v) is 2.26. The first-order valence-corrected chi connectivity index (χ1v) is 4.60. The molecule has 0 spiro atoms. The van der Waals surface area contributed by atoms with E-state index in [-0.39, 0.29) is 5.56 Å². The van der Waals surface area contributed by atoms with E-state index in [1.165, 1.54) is 12.1 Å². The van der Waals surface area contributed by atoms with Gasteiger partial charge in [-0.2, -0.15) is 5.11 Å². The van der Waals surface area contributed by atoms with Crippen molar-refractivity contribution in [2.24, 2.45) is 10.2 Å². The molecule has 1 aliphatic rings. The summed E-state index contributed by atoms with van der Waals surface area (Å²) in [6.07, 6.45) is 0. The van der Waals surface area contributed by atoms with E-state index >= 15 is 0 Å². The minimum absolute atomic E-state index is 0.137. The van der Waals surface area contributed by atoms with Gasteiger partial charge in [0.05, 0.1) is 16.8 Å². The van der Waals surface area contributed by atoms with Gasteiger partial charge in [-0.3, -0.25) is 4.79 Å². The van der Waals surface area contributed by atoms with Crippen molar-refractivity contribution in [1.82, 2.24) is 0 Å². The smallest absolute Gasteiger partial charge is 0.335 e. The summed E-state index contributed by atoms with van der Waals surface area (Å²) in [4.78, 5) is 22.2. The number of carboxylic acid groups (broad SMARTS) is 1. The molecule has 1 aliphatic heterocycles. The number of aromatic carboxylic acids is 1. The number of azo groups is 1. The van der Waals surface area contributed by atoms with Crippen molar-refractivity contribution in [1.29, 1.82) is 0 Å². The molecule has 0 radical (unpaired) electrons. The third-order valence-electron chi connectivity index (χ3n) is 2.26. The summed E-state index contributed by atoms with van der Waals surface area (Å²) in [5.74, 6) is -1.46. The van der Waals surface area contributed by atoms with Gasteiger partial charge in [0.25, 0.3) is 5.91 Å². The van der Waals surface area contributed by atoms with Gasteiger partial charge < -0.3 is 5.11 Å². The van der Waals surface area contributed by atoms with E-state index < -0.39 is 11.9 Å². The van der Waals surface area contributed by atoms with Crippen molar-refractivity contribution in [3.05, 3.63) is 41.1 Å². The van der Waals surface area contributed by atoms with E-state index in [1.807, 2.05) is 0 Å². The molecule has 1 amide bonds. The number of carbonyl (C=O) groups excluding carboxylic acids is 1. The molecule has 0 aromatic heterocycles.